The molecule has 1 aliphatic carbocycles. The van der Waals surface area contributed by atoms with E-state index in [1.165, 1.54) is 7.05 Å². The largest absolute Gasteiger partial charge is 0.358 e. The highest BCUT2D eigenvalue weighted by Crippen LogP contribution is 2.44. The summed E-state index contributed by atoms with van der Waals surface area (Å²) in [4.78, 5) is 22.0. The monoisotopic (exact) mass is 181 g/mol. The number of nitrogens with zero attached hydrogens (tertiary/aromatic N) is 1. The summed E-state index contributed by atoms with van der Waals surface area (Å²) in [6.45, 7) is -0.0568. The van der Waals surface area contributed by atoms with E-state index in [9.17, 15) is 9.59 Å². The summed E-state index contributed by atoms with van der Waals surface area (Å²) in [6, 6.07) is 1.95. The van der Waals surface area contributed by atoms with Gasteiger partial charge in [-0.25, -0.2) is 0 Å². The van der Waals surface area contributed by atoms with Crippen LogP contribution in [0.5, 0.6) is 0 Å². The second kappa shape index (κ2) is 3.44. The van der Waals surface area contributed by atoms with Crippen LogP contribution >= 0.6 is 0 Å². The fraction of sp³-hybridized carbons (Fsp3) is 0.625. The van der Waals surface area contributed by atoms with Crippen LogP contribution in [-0.2, 0) is 9.59 Å². The minimum atomic E-state index is -0.839. The van der Waals surface area contributed by atoms with Crippen LogP contribution in [0.1, 0.15) is 12.8 Å². The lowest BCUT2D eigenvalue weighted by Gasteiger charge is -2.06. The molecule has 1 rings (SSSR count). The van der Waals surface area contributed by atoms with Crippen LogP contribution in [0.25, 0.3) is 0 Å². The van der Waals surface area contributed by atoms with E-state index in [1.807, 2.05) is 6.07 Å². The summed E-state index contributed by atoms with van der Waals surface area (Å²) in [6.07, 6.45) is 1.20. The number of amides is 2. The maximum absolute atomic E-state index is 11.3. The van der Waals surface area contributed by atoms with E-state index in [1.54, 1.807) is 0 Å². The van der Waals surface area contributed by atoms with Crippen LogP contribution in [0, 0.1) is 16.7 Å². The second-order valence-electron chi connectivity index (χ2n) is 3.05. The third kappa shape index (κ3) is 1.96. The van der Waals surface area contributed by atoms with Crippen LogP contribution in [0.2, 0.25) is 0 Å². The van der Waals surface area contributed by atoms with Gasteiger partial charge in [0.15, 0.2) is 0 Å². The maximum Gasteiger partial charge on any atom is 0.240 e. The molecular weight excluding hydrogens is 170 g/mol. The zero-order valence-corrected chi connectivity index (χ0v) is 7.39. The summed E-state index contributed by atoms with van der Waals surface area (Å²) in [5.41, 5.74) is -0.839. The smallest absolute Gasteiger partial charge is 0.240 e. The zero-order valence-electron chi connectivity index (χ0n) is 7.39. The molecule has 0 heterocycles. The molecule has 0 aliphatic heterocycles. The van der Waals surface area contributed by atoms with Gasteiger partial charge in [-0.3, -0.25) is 9.59 Å². The summed E-state index contributed by atoms with van der Waals surface area (Å²) in [7, 11) is 1.49. The number of likely N-dealkylation sites (N-methyl/N-ethyl adjacent to an activating group) is 1. The highest BCUT2D eigenvalue weighted by molar-refractivity contribution is 5.91. The van der Waals surface area contributed by atoms with Gasteiger partial charge < -0.3 is 10.6 Å². The topological polar surface area (TPSA) is 82.0 Å². The summed E-state index contributed by atoms with van der Waals surface area (Å²) in [5.74, 6) is -0.597. The summed E-state index contributed by atoms with van der Waals surface area (Å²) < 4.78 is 0. The van der Waals surface area contributed by atoms with Crippen molar-refractivity contribution in [1.29, 1.82) is 5.26 Å². The van der Waals surface area contributed by atoms with E-state index in [0.29, 0.717) is 12.8 Å². The van der Waals surface area contributed by atoms with E-state index in [0.717, 1.165) is 0 Å². The van der Waals surface area contributed by atoms with Gasteiger partial charge in [0, 0.05) is 7.05 Å². The van der Waals surface area contributed by atoms with Crippen molar-refractivity contribution in [3.05, 3.63) is 0 Å². The summed E-state index contributed by atoms with van der Waals surface area (Å²) >= 11 is 0. The Morgan fingerprint density at radius 1 is 1.54 bits per heavy atom. The first kappa shape index (κ1) is 9.52. The fourth-order valence-corrected chi connectivity index (χ4v) is 0.933. The molecule has 1 saturated carbocycles. The molecule has 0 unspecified atom stereocenters. The van der Waals surface area contributed by atoms with Gasteiger partial charge in [-0.2, -0.15) is 5.26 Å². The standard InChI is InChI=1S/C8H11N3O2/c1-10-6(12)4-11-7(13)8(5-9)2-3-8/h2-4H2,1H3,(H,10,12)(H,11,13). The predicted molar refractivity (Wildman–Crippen MR) is 44.4 cm³/mol. The van der Waals surface area contributed by atoms with Crippen LogP contribution < -0.4 is 10.6 Å². The van der Waals surface area contributed by atoms with Crippen molar-refractivity contribution in [1.82, 2.24) is 10.6 Å². The highest BCUT2D eigenvalue weighted by Gasteiger charge is 2.50. The number of carbonyl (C=O) groups excluding carboxylic acids is 2. The van der Waals surface area contributed by atoms with E-state index in [-0.39, 0.29) is 18.4 Å². The second-order valence-corrected chi connectivity index (χ2v) is 3.05. The van der Waals surface area contributed by atoms with Gasteiger partial charge in [0.05, 0.1) is 12.6 Å². The predicted octanol–water partition coefficient (Wildman–Crippen LogP) is -0.848. The van der Waals surface area contributed by atoms with Gasteiger partial charge >= 0.3 is 0 Å². The first-order valence-electron chi connectivity index (χ1n) is 4.05. The van der Waals surface area contributed by atoms with Gasteiger partial charge in [0.25, 0.3) is 0 Å². The molecule has 0 bridgehead atoms. The number of carbonyl (C=O) groups is 2. The molecule has 2 amide bonds. The lowest BCUT2D eigenvalue weighted by molar-refractivity contribution is -0.128. The van der Waals surface area contributed by atoms with Gasteiger partial charge in [-0.15, -0.1) is 0 Å². The van der Waals surface area contributed by atoms with Crippen molar-refractivity contribution in [3.8, 4) is 6.07 Å². The minimum Gasteiger partial charge on any atom is -0.358 e. The van der Waals surface area contributed by atoms with Crippen LogP contribution in [0.3, 0.4) is 0 Å². The number of nitrogens with one attached hydrogen (secondary N) is 2. The normalized spacial score (nSPS) is 16.9. The number of rotatable bonds is 3. The highest BCUT2D eigenvalue weighted by atomic mass is 16.2. The molecule has 5 nitrogen and oxygen atoms in total. The van der Waals surface area contributed by atoms with Crippen molar-refractivity contribution in [2.75, 3.05) is 13.6 Å². The molecule has 0 aromatic heterocycles. The quantitative estimate of drug-likeness (QED) is 0.595. The number of hydrogen-bond acceptors (Lipinski definition) is 3. The van der Waals surface area contributed by atoms with Crippen molar-refractivity contribution in [2.24, 2.45) is 5.41 Å². The van der Waals surface area contributed by atoms with Gasteiger partial charge in [0.2, 0.25) is 11.8 Å². The Morgan fingerprint density at radius 3 is 2.54 bits per heavy atom. The SMILES string of the molecule is CNC(=O)CNC(=O)C1(C#N)CC1. The molecule has 70 valence electrons. The zero-order chi connectivity index (χ0) is 9.90. The van der Waals surface area contributed by atoms with E-state index >= 15 is 0 Å². The van der Waals surface area contributed by atoms with Crippen LogP contribution in [-0.4, -0.2) is 25.4 Å². The molecule has 0 atom stereocenters. The molecule has 13 heavy (non-hydrogen) atoms. The van der Waals surface area contributed by atoms with E-state index in [2.05, 4.69) is 10.6 Å². The fourth-order valence-electron chi connectivity index (χ4n) is 0.933. The first-order valence-corrected chi connectivity index (χ1v) is 4.05. The molecule has 0 aromatic rings. The van der Waals surface area contributed by atoms with Crippen molar-refractivity contribution >= 4 is 11.8 Å². The Kier molecular flexibility index (Phi) is 2.52. The molecular formula is C8H11N3O2. The third-order valence-electron chi connectivity index (χ3n) is 2.09. The summed E-state index contributed by atoms with van der Waals surface area (Å²) in [5, 5.41) is 13.4. The Morgan fingerprint density at radius 2 is 2.15 bits per heavy atom. The van der Waals surface area contributed by atoms with Crippen LogP contribution in [0.15, 0.2) is 0 Å². The third-order valence-corrected chi connectivity index (χ3v) is 2.09. The minimum absolute atomic E-state index is 0.0568. The Bertz CT molecular complexity index is 276. The number of hydrogen-bond donors (Lipinski definition) is 2. The molecule has 5 heteroatoms. The van der Waals surface area contributed by atoms with Crippen molar-refractivity contribution in [3.63, 3.8) is 0 Å². The van der Waals surface area contributed by atoms with Crippen LogP contribution in [0.4, 0.5) is 0 Å². The lowest BCUT2D eigenvalue weighted by Crippen LogP contribution is -2.38. The van der Waals surface area contributed by atoms with Gasteiger partial charge in [-0.1, -0.05) is 0 Å². The molecule has 0 aromatic carbocycles. The first-order chi connectivity index (χ1) is 6.14. The average molecular weight is 181 g/mol. The molecule has 1 fully saturated rings. The molecule has 1 aliphatic rings. The van der Waals surface area contributed by atoms with E-state index in [4.69, 9.17) is 5.26 Å². The van der Waals surface area contributed by atoms with E-state index < -0.39 is 5.41 Å². The Hall–Kier alpha value is -1.57. The van der Waals surface area contributed by atoms with Crippen molar-refractivity contribution in [2.45, 2.75) is 12.8 Å². The molecule has 2 N–H and O–H groups in total. The Balaban J connectivity index is 2.35. The maximum atomic E-state index is 11.3. The number of nitriles is 1. The van der Waals surface area contributed by atoms with Gasteiger partial charge in [-0.05, 0) is 12.8 Å². The molecule has 0 saturated heterocycles. The van der Waals surface area contributed by atoms with Gasteiger partial charge in [0.1, 0.15) is 5.41 Å². The molecule has 0 radical (unpaired) electrons. The average Bonchev–Trinajstić information content (AvgIpc) is 2.94. The lowest BCUT2D eigenvalue weighted by atomic mass is 10.1. The Labute approximate surface area is 76.1 Å². The molecule has 0 spiro atoms. The van der Waals surface area contributed by atoms with Crippen molar-refractivity contribution < 1.29 is 9.59 Å².